The van der Waals surface area contributed by atoms with Crippen molar-refractivity contribution in [2.24, 2.45) is 0 Å². The summed E-state index contributed by atoms with van der Waals surface area (Å²) >= 11 is 0. The molecule has 0 N–H and O–H groups in total. The van der Waals surface area contributed by atoms with Crippen molar-refractivity contribution in [3.63, 3.8) is 0 Å². The first-order valence-electron chi connectivity index (χ1n) is 8.22. The Morgan fingerprint density at radius 3 is 2.91 bits per heavy atom. The molecule has 1 aromatic heterocycles. The molecule has 0 saturated heterocycles. The molecule has 0 amide bonds. The van der Waals surface area contributed by atoms with Crippen molar-refractivity contribution >= 4 is 0 Å². The molecule has 4 rings (SSSR count). The Hall–Kier alpha value is -1.71. The molecule has 2 aromatic rings. The second-order valence-corrected chi connectivity index (χ2v) is 6.66. The average Bonchev–Trinajstić information content (AvgIpc) is 2.54. The molecule has 0 unspecified atom stereocenters. The number of benzene rings is 1. The van der Waals surface area contributed by atoms with E-state index in [1.165, 1.54) is 40.9 Å². The minimum absolute atomic E-state index is 1.03. The van der Waals surface area contributed by atoms with Crippen molar-refractivity contribution in [1.82, 2.24) is 14.8 Å². The molecule has 3 nitrogen and oxygen atoms in total. The highest BCUT2D eigenvalue weighted by Gasteiger charge is 2.18. The minimum Gasteiger partial charge on any atom is -0.302 e. The fraction of sp³-hybridized carbons (Fsp3) is 0.421. The number of aromatic nitrogens is 1. The SMILES string of the molecule is CN1CCc2ccc(CN3CCc4ncccc4C3)cc2C1. The van der Waals surface area contributed by atoms with Crippen LogP contribution in [-0.2, 0) is 32.5 Å². The lowest BCUT2D eigenvalue weighted by atomic mass is 9.97. The lowest BCUT2D eigenvalue weighted by molar-refractivity contribution is 0.243. The Balaban J connectivity index is 1.49. The maximum atomic E-state index is 4.49. The Labute approximate surface area is 132 Å². The molecule has 3 heteroatoms. The minimum atomic E-state index is 1.03. The maximum Gasteiger partial charge on any atom is 0.0461 e. The predicted molar refractivity (Wildman–Crippen MR) is 88.5 cm³/mol. The van der Waals surface area contributed by atoms with E-state index in [-0.39, 0.29) is 0 Å². The van der Waals surface area contributed by atoms with E-state index in [1.807, 2.05) is 6.20 Å². The van der Waals surface area contributed by atoms with Crippen LogP contribution >= 0.6 is 0 Å². The molecule has 3 heterocycles. The number of likely N-dealkylation sites (N-methyl/N-ethyl adjacent to an activating group) is 1. The second-order valence-electron chi connectivity index (χ2n) is 6.66. The van der Waals surface area contributed by atoms with Crippen LogP contribution in [-0.4, -0.2) is 34.9 Å². The van der Waals surface area contributed by atoms with Crippen molar-refractivity contribution in [2.75, 3.05) is 20.1 Å². The molecule has 0 radical (unpaired) electrons. The van der Waals surface area contributed by atoms with E-state index < -0.39 is 0 Å². The molecule has 2 aliphatic rings. The van der Waals surface area contributed by atoms with Crippen LogP contribution in [0.25, 0.3) is 0 Å². The molecule has 0 atom stereocenters. The quantitative estimate of drug-likeness (QED) is 0.848. The zero-order valence-electron chi connectivity index (χ0n) is 13.3. The Bertz CT molecular complexity index is 680. The van der Waals surface area contributed by atoms with Gasteiger partial charge in [0.2, 0.25) is 0 Å². The van der Waals surface area contributed by atoms with Gasteiger partial charge in [-0.25, -0.2) is 0 Å². The summed E-state index contributed by atoms with van der Waals surface area (Å²) in [4.78, 5) is 9.45. The topological polar surface area (TPSA) is 19.4 Å². The van der Waals surface area contributed by atoms with Gasteiger partial charge in [0.05, 0.1) is 0 Å². The molecule has 1 aromatic carbocycles. The molecular formula is C19H23N3. The molecule has 0 bridgehead atoms. The first kappa shape index (κ1) is 13.9. The highest BCUT2D eigenvalue weighted by Crippen LogP contribution is 2.22. The Morgan fingerprint density at radius 2 is 1.95 bits per heavy atom. The predicted octanol–water partition coefficient (Wildman–Crippen LogP) is 2.63. The Kier molecular flexibility index (Phi) is 3.68. The van der Waals surface area contributed by atoms with Crippen LogP contribution in [0.1, 0.15) is 27.9 Å². The van der Waals surface area contributed by atoms with Crippen LogP contribution < -0.4 is 0 Å². The number of nitrogens with zero attached hydrogens (tertiary/aromatic N) is 3. The van der Waals surface area contributed by atoms with E-state index in [9.17, 15) is 0 Å². The van der Waals surface area contributed by atoms with Gasteiger partial charge in [-0.3, -0.25) is 9.88 Å². The van der Waals surface area contributed by atoms with Gasteiger partial charge in [-0.15, -0.1) is 0 Å². The summed E-state index contributed by atoms with van der Waals surface area (Å²) in [5, 5.41) is 0. The summed E-state index contributed by atoms with van der Waals surface area (Å²) in [6, 6.07) is 11.4. The van der Waals surface area contributed by atoms with Crippen LogP contribution in [0.5, 0.6) is 0 Å². The average molecular weight is 293 g/mol. The van der Waals surface area contributed by atoms with Crippen molar-refractivity contribution in [3.8, 4) is 0 Å². The highest BCUT2D eigenvalue weighted by molar-refractivity contribution is 5.34. The summed E-state index contributed by atoms with van der Waals surface area (Å²) in [7, 11) is 2.21. The Morgan fingerprint density at radius 1 is 1.00 bits per heavy atom. The number of fused-ring (bicyclic) bond motifs is 2. The summed E-state index contributed by atoms with van der Waals surface area (Å²) in [5.74, 6) is 0. The van der Waals surface area contributed by atoms with E-state index in [0.717, 1.165) is 32.6 Å². The van der Waals surface area contributed by atoms with Crippen molar-refractivity contribution < 1.29 is 0 Å². The summed E-state index contributed by atoms with van der Waals surface area (Å²) in [6.45, 7) is 5.46. The van der Waals surface area contributed by atoms with Gasteiger partial charge in [-0.1, -0.05) is 24.3 Å². The third kappa shape index (κ3) is 2.79. The van der Waals surface area contributed by atoms with Gasteiger partial charge >= 0.3 is 0 Å². The normalized spacial score (nSPS) is 18.8. The maximum absolute atomic E-state index is 4.49. The van der Waals surface area contributed by atoms with Gasteiger partial charge in [-0.05, 0) is 41.8 Å². The number of hydrogen-bond donors (Lipinski definition) is 0. The molecule has 0 fully saturated rings. The van der Waals surface area contributed by atoms with Gasteiger partial charge < -0.3 is 4.90 Å². The smallest absolute Gasteiger partial charge is 0.0461 e. The third-order valence-corrected chi connectivity index (χ3v) is 4.92. The zero-order valence-corrected chi connectivity index (χ0v) is 13.3. The number of rotatable bonds is 2. The van der Waals surface area contributed by atoms with E-state index in [4.69, 9.17) is 0 Å². The second kappa shape index (κ2) is 5.82. The van der Waals surface area contributed by atoms with E-state index in [0.29, 0.717) is 0 Å². The van der Waals surface area contributed by atoms with Gasteiger partial charge in [0.1, 0.15) is 0 Å². The monoisotopic (exact) mass is 293 g/mol. The van der Waals surface area contributed by atoms with E-state index in [2.05, 4.69) is 52.2 Å². The molecule has 0 saturated carbocycles. The summed E-state index contributed by atoms with van der Waals surface area (Å²) in [6.07, 6.45) is 4.17. The van der Waals surface area contributed by atoms with Crippen molar-refractivity contribution in [3.05, 3.63) is 64.5 Å². The summed E-state index contributed by atoms with van der Waals surface area (Å²) < 4.78 is 0. The molecule has 114 valence electrons. The van der Waals surface area contributed by atoms with Crippen LogP contribution in [0.15, 0.2) is 36.5 Å². The third-order valence-electron chi connectivity index (χ3n) is 4.92. The fourth-order valence-electron chi connectivity index (χ4n) is 3.67. The first-order chi connectivity index (χ1) is 10.8. The van der Waals surface area contributed by atoms with Crippen LogP contribution in [0, 0.1) is 0 Å². The van der Waals surface area contributed by atoms with E-state index in [1.54, 1.807) is 0 Å². The number of pyridine rings is 1. The zero-order chi connectivity index (χ0) is 14.9. The lowest BCUT2D eigenvalue weighted by Gasteiger charge is -2.29. The van der Waals surface area contributed by atoms with Crippen LogP contribution in [0.2, 0.25) is 0 Å². The number of hydrogen-bond acceptors (Lipinski definition) is 3. The van der Waals surface area contributed by atoms with Crippen molar-refractivity contribution in [2.45, 2.75) is 32.5 Å². The lowest BCUT2D eigenvalue weighted by Crippen LogP contribution is -2.31. The molecule has 0 spiro atoms. The molecule has 0 aliphatic carbocycles. The molecule has 22 heavy (non-hydrogen) atoms. The molecular weight excluding hydrogens is 270 g/mol. The van der Waals surface area contributed by atoms with E-state index >= 15 is 0 Å². The van der Waals surface area contributed by atoms with Crippen molar-refractivity contribution in [1.29, 1.82) is 0 Å². The standard InChI is InChI=1S/C19H23N3/c1-21-9-6-16-5-4-15(11-18(16)13-21)12-22-10-7-19-17(14-22)3-2-8-20-19/h2-5,8,11H,6-7,9-10,12-14H2,1H3. The van der Waals surface area contributed by atoms with Gasteiger partial charge in [0.15, 0.2) is 0 Å². The van der Waals surface area contributed by atoms with Crippen LogP contribution in [0.3, 0.4) is 0 Å². The van der Waals surface area contributed by atoms with Gasteiger partial charge in [0.25, 0.3) is 0 Å². The van der Waals surface area contributed by atoms with Gasteiger partial charge in [0, 0.05) is 51.0 Å². The first-order valence-corrected chi connectivity index (χ1v) is 8.22. The molecule has 2 aliphatic heterocycles. The fourth-order valence-corrected chi connectivity index (χ4v) is 3.67. The highest BCUT2D eigenvalue weighted by atomic mass is 15.1. The van der Waals surface area contributed by atoms with Crippen LogP contribution in [0.4, 0.5) is 0 Å². The summed E-state index contributed by atoms with van der Waals surface area (Å²) in [5.41, 5.74) is 7.18. The van der Waals surface area contributed by atoms with Gasteiger partial charge in [-0.2, -0.15) is 0 Å². The largest absolute Gasteiger partial charge is 0.302 e.